The second-order valence-electron chi connectivity index (χ2n) is 7.53. The summed E-state index contributed by atoms with van der Waals surface area (Å²) in [5.41, 5.74) is 3.12. The molecule has 9 heteroatoms. The van der Waals surface area contributed by atoms with E-state index in [0.29, 0.717) is 28.5 Å². The smallest absolute Gasteiger partial charge is 0.416 e. The minimum absolute atomic E-state index is 0.165. The summed E-state index contributed by atoms with van der Waals surface area (Å²) in [6.07, 6.45) is 1.11. The van der Waals surface area contributed by atoms with Crippen molar-refractivity contribution in [2.24, 2.45) is 0 Å². The number of aromatic amines is 1. The van der Waals surface area contributed by atoms with Gasteiger partial charge in [-0.15, -0.1) is 0 Å². The zero-order valence-electron chi connectivity index (χ0n) is 19.0. The first-order valence-electron chi connectivity index (χ1n) is 10.6. The third kappa shape index (κ3) is 5.81. The second-order valence-corrected chi connectivity index (χ2v) is 7.53. The van der Waals surface area contributed by atoms with Crippen LogP contribution in [0.1, 0.15) is 22.3 Å². The molecule has 0 saturated heterocycles. The van der Waals surface area contributed by atoms with Gasteiger partial charge in [-0.2, -0.15) is 28.6 Å². The fourth-order valence-corrected chi connectivity index (χ4v) is 3.43. The summed E-state index contributed by atoms with van der Waals surface area (Å²) in [4.78, 5) is 0. The van der Waals surface area contributed by atoms with E-state index in [1.165, 1.54) is 12.1 Å². The van der Waals surface area contributed by atoms with E-state index in [4.69, 9.17) is 14.2 Å². The van der Waals surface area contributed by atoms with E-state index >= 15 is 0 Å². The highest BCUT2D eigenvalue weighted by molar-refractivity contribution is 5.84. The molecule has 0 aliphatic heterocycles. The number of alkyl halides is 3. The van der Waals surface area contributed by atoms with Crippen molar-refractivity contribution < 1.29 is 27.4 Å². The van der Waals surface area contributed by atoms with E-state index in [1.807, 2.05) is 30.4 Å². The second kappa shape index (κ2) is 10.3. The van der Waals surface area contributed by atoms with Crippen molar-refractivity contribution in [3.05, 3.63) is 89.1 Å². The van der Waals surface area contributed by atoms with Crippen LogP contribution in [-0.2, 0) is 12.8 Å². The number of halogens is 3. The van der Waals surface area contributed by atoms with Crippen molar-refractivity contribution in [1.29, 1.82) is 0 Å². The highest BCUT2D eigenvalue weighted by Gasteiger charge is 2.29. The SMILES string of the molecule is COc1cc(/C=C/c2ccc(OCc3ccc(C(F)(F)F)cc3)cc2)c(-c2cn[nH]n2)c(OC)c1. The largest absolute Gasteiger partial charge is 0.497 e. The van der Waals surface area contributed by atoms with Gasteiger partial charge in [-0.1, -0.05) is 36.4 Å². The molecule has 0 unspecified atom stereocenters. The van der Waals surface area contributed by atoms with Crippen LogP contribution in [0.2, 0.25) is 0 Å². The number of hydrogen-bond donors (Lipinski definition) is 1. The van der Waals surface area contributed by atoms with Crippen LogP contribution in [0.3, 0.4) is 0 Å². The topological polar surface area (TPSA) is 69.3 Å². The van der Waals surface area contributed by atoms with E-state index in [1.54, 1.807) is 38.6 Å². The number of rotatable bonds is 8. The summed E-state index contributed by atoms with van der Waals surface area (Å²) in [7, 11) is 3.16. The number of benzene rings is 3. The summed E-state index contributed by atoms with van der Waals surface area (Å²) in [5.74, 6) is 1.85. The molecule has 35 heavy (non-hydrogen) atoms. The third-order valence-electron chi connectivity index (χ3n) is 5.26. The van der Waals surface area contributed by atoms with Gasteiger partial charge in [-0.05, 0) is 47.0 Å². The van der Waals surface area contributed by atoms with Gasteiger partial charge in [0.2, 0.25) is 0 Å². The zero-order valence-corrected chi connectivity index (χ0v) is 19.0. The summed E-state index contributed by atoms with van der Waals surface area (Å²) in [5, 5.41) is 10.7. The van der Waals surface area contributed by atoms with Gasteiger partial charge in [0, 0.05) is 6.07 Å². The maximum Gasteiger partial charge on any atom is 0.416 e. The van der Waals surface area contributed by atoms with Crippen molar-refractivity contribution in [2.45, 2.75) is 12.8 Å². The van der Waals surface area contributed by atoms with Crippen LogP contribution in [-0.4, -0.2) is 29.6 Å². The van der Waals surface area contributed by atoms with Crippen LogP contribution in [0, 0.1) is 0 Å². The summed E-state index contributed by atoms with van der Waals surface area (Å²) < 4.78 is 54.7. The van der Waals surface area contributed by atoms with Gasteiger partial charge >= 0.3 is 6.18 Å². The fourth-order valence-electron chi connectivity index (χ4n) is 3.43. The lowest BCUT2D eigenvalue weighted by molar-refractivity contribution is -0.137. The minimum atomic E-state index is -4.35. The Kier molecular flexibility index (Phi) is 7.05. The van der Waals surface area contributed by atoms with Crippen molar-refractivity contribution in [2.75, 3.05) is 14.2 Å². The number of methoxy groups -OCH3 is 2. The van der Waals surface area contributed by atoms with E-state index in [0.717, 1.165) is 28.8 Å². The molecule has 4 aromatic rings. The van der Waals surface area contributed by atoms with Crippen molar-refractivity contribution in [1.82, 2.24) is 15.4 Å². The number of H-pyrrole nitrogens is 1. The fraction of sp³-hybridized carbons (Fsp3) is 0.154. The third-order valence-corrected chi connectivity index (χ3v) is 5.26. The van der Waals surface area contributed by atoms with Gasteiger partial charge in [-0.3, -0.25) is 0 Å². The van der Waals surface area contributed by atoms with Gasteiger partial charge in [0.25, 0.3) is 0 Å². The molecular weight excluding hydrogens is 459 g/mol. The number of ether oxygens (including phenoxy) is 3. The number of hydrogen-bond acceptors (Lipinski definition) is 5. The molecule has 6 nitrogen and oxygen atoms in total. The zero-order chi connectivity index (χ0) is 24.8. The Bertz CT molecular complexity index is 1280. The number of aromatic nitrogens is 3. The van der Waals surface area contributed by atoms with Crippen LogP contribution in [0.25, 0.3) is 23.4 Å². The predicted octanol–water partition coefficient (Wildman–Crippen LogP) is 6.26. The lowest BCUT2D eigenvalue weighted by atomic mass is 10.0. The van der Waals surface area contributed by atoms with Gasteiger partial charge in [0.05, 0.1) is 31.5 Å². The minimum Gasteiger partial charge on any atom is -0.497 e. The molecule has 180 valence electrons. The Morgan fingerprint density at radius 2 is 1.63 bits per heavy atom. The summed E-state index contributed by atoms with van der Waals surface area (Å²) in [6, 6.07) is 15.9. The highest BCUT2D eigenvalue weighted by Crippen LogP contribution is 2.37. The van der Waals surface area contributed by atoms with Gasteiger partial charge in [-0.25, -0.2) is 0 Å². The average Bonchev–Trinajstić information content (AvgIpc) is 3.40. The van der Waals surface area contributed by atoms with Crippen LogP contribution >= 0.6 is 0 Å². The van der Waals surface area contributed by atoms with E-state index < -0.39 is 11.7 Å². The molecule has 0 amide bonds. The number of nitrogens with one attached hydrogen (secondary N) is 1. The molecule has 0 saturated carbocycles. The molecule has 0 bridgehead atoms. The molecule has 1 aromatic heterocycles. The maximum atomic E-state index is 12.7. The Labute approximate surface area is 200 Å². The lowest BCUT2D eigenvalue weighted by Gasteiger charge is -2.12. The summed E-state index contributed by atoms with van der Waals surface area (Å²) in [6.45, 7) is 0.165. The summed E-state index contributed by atoms with van der Waals surface area (Å²) >= 11 is 0. The van der Waals surface area contributed by atoms with Gasteiger partial charge in [0.15, 0.2) is 0 Å². The Hall–Kier alpha value is -4.27. The first-order chi connectivity index (χ1) is 16.9. The Balaban J connectivity index is 1.48. The van der Waals surface area contributed by atoms with E-state index in [-0.39, 0.29) is 6.61 Å². The van der Waals surface area contributed by atoms with Crippen LogP contribution in [0.15, 0.2) is 66.9 Å². The Morgan fingerprint density at radius 1 is 0.886 bits per heavy atom. The van der Waals surface area contributed by atoms with Crippen LogP contribution in [0.5, 0.6) is 17.2 Å². The molecule has 1 N–H and O–H groups in total. The van der Waals surface area contributed by atoms with Gasteiger partial charge in [0.1, 0.15) is 29.5 Å². The van der Waals surface area contributed by atoms with Crippen LogP contribution < -0.4 is 14.2 Å². The molecule has 0 atom stereocenters. The first-order valence-corrected chi connectivity index (χ1v) is 10.6. The van der Waals surface area contributed by atoms with E-state index in [9.17, 15) is 13.2 Å². The average molecular weight is 481 g/mol. The quantitative estimate of drug-likeness (QED) is 0.301. The molecule has 0 fully saturated rings. The van der Waals surface area contributed by atoms with Gasteiger partial charge < -0.3 is 14.2 Å². The molecule has 1 heterocycles. The standard InChI is InChI=1S/C26H22F3N3O3/c1-33-22-13-19(25(24(14-22)34-2)23-15-30-32-31-23)8-3-17-6-11-21(12-7-17)35-16-18-4-9-20(10-5-18)26(27,28)29/h3-15H,16H2,1-2H3,(H,30,31,32)/b8-3+. The molecule has 0 spiro atoms. The highest BCUT2D eigenvalue weighted by atomic mass is 19.4. The lowest BCUT2D eigenvalue weighted by Crippen LogP contribution is -2.05. The van der Waals surface area contributed by atoms with Crippen LogP contribution in [0.4, 0.5) is 13.2 Å². The molecular formula is C26H22F3N3O3. The molecule has 3 aromatic carbocycles. The van der Waals surface area contributed by atoms with Crippen molar-refractivity contribution >= 4 is 12.2 Å². The Morgan fingerprint density at radius 3 is 2.23 bits per heavy atom. The normalized spacial score (nSPS) is 11.6. The monoisotopic (exact) mass is 481 g/mol. The number of nitrogens with zero attached hydrogens (tertiary/aromatic N) is 2. The molecule has 4 rings (SSSR count). The maximum absolute atomic E-state index is 12.7. The predicted molar refractivity (Wildman–Crippen MR) is 126 cm³/mol. The van der Waals surface area contributed by atoms with E-state index in [2.05, 4.69) is 15.4 Å². The first kappa shape index (κ1) is 23.9. The molecule has 0 radical (unpaired) electrons. The molecule has 0 aliphatic carbocycles. The molecule has 0 aliphatic rings. The van der Waals surface area contributed by atoms with Crippen molar-refractivity contribution in [3.8, 4) is 28.5 Å². The van der Waals surface area contributed by atoms with Crippen molar-refractivity contribution in [3.63, 3.8) is 0 Å².